The number of benzene rings is 2. The van der Waals surface area contributed by atoms with Crippen LogP contribution in [-0.2, 0) is 14.6 Å². The molecule has 13 heteroatoms. The van der Waals surface area contributed by atoms with Crippen molar-refractivity contribution < 1.29 is 41.4 Å². The van der Waals surface area contributed by atoms with Crippen molar-refractivity contribution in [2.24, 2.45) is 17.8 Å². The summed E-state index contributed by atoms with van der Waals surface area (Å²) in [7, 11) is -4.12. The van der Waals surface area contributed by atoms with E-state index in [2.05, 4.69) is 10.6 Å². The molecule has 2 fully saturated rings. The summed E-state index contributed by atoms with van der Waals surface area (Å²) < 4.78 is 67.9. The van der Waals surface area contributed by atoms with E-state index < -0.39 is 67.9 Å². The van der Waals surface area contributed by atoms with Crippen LogP contribution in [0.4, 0.5) is 18.9 Å². The van der Waals surface area contributed by atoms with Crippen molar-refractivity contribution in [3.05, 3.63) is 58.4 Å². The van der Waals surface area contributed by atoms with Gasteiger partial charge in [0.05, 0.1) is 33.3 Å². The predicted octanol–water partition coefficient (Wildman–Crippen LogP) is 3.84. The minimum absolute atomic E-state index is 0.0320. The van der Waals surface area contributed by atoms with Gasteiger partial charge < -0.3 is 20.8 Å². The number of fused-ring (bicyclic) bond motifs is 2. The average molecular weight is 603 g/mol. The van der Waals surface area contributed by atoms with E-state index in [0.29, 0.717) is 18.6 Å². The van der Waals surface area contributed by atoms with Gasteiger partial charge in [0.15, 0.2) is 27.3 Å². The fourth-order valence-corrected chi connectivity index (χ4v) is 8.41. The van der Waals surface area contributed by atoms with Crippen molar-refractivity contribution >= 4 is 38.9 Å². The lowest BCUT2D eigenvalue weighted by atomic mass is 9.71. The molecule has 0 aromatic heterocycles. The van der Waals surface area contributed by atoms with Crippen LogP contribution in [0.5, 0.6) is 0 Å². The highest BCUT2D eigenvalue weighted by atomic mass is 35.5. The molecule has 2 amide bonds. The molecule has 218 valence electrons. The Balaban J connectivity index is 1.55. The van der Waals surface area contributed by atoms with Crippen molar-refractivity contribution in [1.29, 1.82) is 0 Å². The van der Waals surface area contributed by atoms with E-state index in [0.717, 1.165) is 6.07 Å². The maximum absolute atomic E-state index is 13.8. The van der Waals surface area contributed by atoms with E-state index >= 15 is 0 Å². The van der Waals surface area contributed by atoms with Gasteiger partial charge in [0.2, 0.25) is 5.91 Å². The summed E-state index contributed by atoms with van der Waals surface area (Å²) in [5.74, 6) is -7.05. The smallest absolute Gasteiger partial charge is 0.255 e. The zero-order valence-corrected chi connectivity index (χ0v) is 23.3. The number of aliphatic hydroxyl groups is 2. The van der Waals surface area contributed by atoms with Crippen LogP contribution in [0.2, 0.25) is 5.02 Å². The minimum atomic E-state index is -4.12. The van der Waals surface area contributed by atoms with Crippen LogP contribution in [0.15, 0.2) is 35.2 Å². The quantitative estimate of drug-likeness (QED) is 0.340. The number of aliphatic hydroxyl groups excluding tert-OH is 1. The maximum atomic E-state index is 13.8. The van der Waals surface area contributed by atoms with E-state index in [1.54, 1.807) is 0 Å². The van der Waals surface area contributed by atoms with Gasteiger partial charge in [-0.25, -0.2) is 21.6 Å². The highest BCUT2D eigenvalue weighted by molar-refractivity contribution is 7.92. The molecule has 40 heavy (non-hydrogen) atoms. The van der Waals surface area contributed by atoms with E-state index in [-0.39, 0.29) is 52.9 Å². The Bertz CT molecular complexity index is 1420. The van der Waals surface area contributed by atoms with E-state index in [1.807, 2.05) is 6.92 Å². The summed E-state index contributed by atoms with van der Waals surface area (Å²) in [6.45, 7) is 3.45. The van der Waals surface area contributed by atoms with Crippen molar-refractivity contribution in [3.63, 3.8) is 0 Å². The monoisotopic (exact) mass is 602 g/mol. The van der Waals surface area contributed by atoms with Crippen molar-refractivity contribution in [3.8, 4) is 0 Å². The summed E-state index contributed by atoms with van der Waals surface area (Å²) >= 11 is 6.25. The first-order chi connectivity index (χ1) is 18.6. The van der Waals surface area contributed by atoms with Gasteiger partial charge in [-0.1, -0.05) is 18.5 Å². The molecule has 6 atom stereocenters. The van der Waals surface area contributed by atoms with Gasteiger partial charge in [0.25, 0.3) is 5.91 Å². The van der Waals surface area contributed by atoms with Gasteiger partial charge in [-0.15, -0.1) is 0 Å². The van der Waals surface area contributed by atoms with Gasteiger partial charge in [-0.3, -0.25) is 9.59 Å². The van der Waals surface area contributed by atoms with Gasteiger partial charge in [-0.2, -0.15) is 0 Å². The number of amides is 2. The van der Waals surface area contributed by atoms with Crippen molar-refractivity contribution in [2.45, 2.75) is 61.4 Å². The Kier molecular flexibility index (Phi) is 8.56. The Morgan fingerprint density at radius 1 is 1.12 bits per heavy atom. The lowest BCUT2D eigenvalue weighted by Crippen LogP contribution is -2.51. The number of rotatable bonds is 8. The highest BCUT2D eigenvalue weighted by Gasteiger charge is 2.59. The molecule has 4 N–H and O–H groups in total. The zero-order valence-electron chi connectivity index (χ0n) is 21.8. The zero-order chi connectivity index (χ0) is 29.6. The molecule has 0 aliphatic heterocycles. The molecular weight excluding hydrogens is 573 g/mol. The number of sulfone groups is 1. The molecule has 2 aromatic carbocycles. The van der Waals surface area contributed by atoms with Crippen molar-refractivity contribution in [1.82, 2.24) is 5.32 Å². The summed E-state index contributed by atoms with van der Waals surface area (Å²) in [4.78, 5) is 24.9. The Morgan fingerprint density at radius 3 is 2.38 bits per heavy atom. The molecule has 4 rings (SSSR count). The molecular formula is C27H30ClF3N2O6S. The minimum Gasteiger partial charge on any atom is -0.392 e. The standard InChI is InChI=1S/C27H30ClF3N2O6S/c1-13-5-16-7-18(10-19(13)27(16,37)11-24(35)32-12-14(2)34)40(38,39)23-6-15(3-4-20(23)28)26(36)33-17-8-21(29)25(31)22(30)9-17/h3-4,6,8-9,13-14,16,18-19,34,37H,5,7,10-12H2,1-2H3,(H,32,35)(H,33,36)/t13-,14-,16?,18+,19?,27+/m0/s1. The van der Waals surface area contributed by atoms with E-state index in [9.17, 15) is 41.4 Å². The number of halogens is 4. The second-order valence-electron chi connectivity index (χ2n) is 10.8. The second-order valence-corrected chi connectivity index (χ2v) is 13.4. The molecule has 2 unspecified atom stereocenters. The Morgan fingerprint density at radius 2 is 1.77 bits per heavy atom. The summed E-state index contributed by atoms with van der Waals surface area (Å²) in [6.07, 6.45) is -0.299. The maximum Gasteiger partial charge on any atom is 0.255 e. The predicted molar refractivity (Wildman–Crippen MR) is 141 cm³/mol. The van der Waals surface area contributed by atoms with E-state index in [1.165, 1.54) is 19.1 Å². The van der Waals surface area contributed by atoms with Crippen LogP contribution in [-0.4, -0.2) is 53.9 Å². The SMILES string of the molecule is C[C@H](O)CNC(=O)C[C@@]1(O)C2C[C@@H](S(=O)(=O)c3cc(C(=O)Nc4cc(F)c(F)c(F)c4)ccc3Cl)CC1[C@@H](C)C2. The third kappa shape index (κ3) is 5.86. The molecule has 2 saturated carbocycles. The highest BCUT2D eigenvalue weighted by Crippen LogP contribution is 2.56. The first-order valence-electron chi connectivity index (χ1n) is 12.8. The normalized spacial score (nSPS) is 26.8. The number of carbonyl (C=O) groups excluding carboxylic acids is 2. The number of anilines is 1. The number of carbonyl (C=O) groups is 2. The Hall–Kier alpha value is -2.67. The molecule has 2 aliphatic carbocycles. The van der Waals surface area contributed by atoms with Crippen LogP contribution in [0.25, 0.3) is 0 Å². The molecule has 2 aliphatic rings. The molecule has 8 nitrogen and oxygen atoms in total. The molecule has 2 aromatic rings. The van der Waals surface area contributed by atoms with Gasteiger partial charge in [-0.05, 0) is 62.1 Å². The van der Waals surface area contributed by atoms with Crippen LogP contribution >= 0.6 is 11.6 Å². The molecule has 2 bridgehead atoms. The van der Waals surface area contributed by atoms with Crippen LogP contribution < -0.4 is 10.6 Å². The summed E-state index contributed by atoms with van der Waals surface area (Å²) in [6, 6.07) is 4.71. The molecule has 0 radical (unpaired) electrons. The van der Waals surface area contributed by atoms with Crippen LogP contribution in [0.1, 0.15) is 49.9 Å². The van der Waals surface area contributed by atoms with Crippen molar-refractivity contribution in [2.75, 3.05) is 11.9 Å². The lowest BCUT2D eigenvalue weighted by molar-refractivity contribution is -0.133. The fraction of sp³-hybridized carbons (Fsp3) is 0.481. The van der Waals surface area contributed by atoms with Gasteiger partial charge in [0, 0.05) is 29.9 Å². The molecule has 0 heterocycles. The fourth-order valence-electron chi connectivity index (χ4n) is 6.03. The molecule has 0 saturated heterocycles. The topological polar surface area (TPSA) is 133 Å². The first-order valence-corrected chi connectivity index (χ1v) is 14.7. The third-order valence-corrected chi connectivity index (χ3v) is 10.6. The number of nitrogens with one attached hydrogen (secondary N) is 2. The van der Waals surface area contributed by atoms with E-state index in [4.69, 9.17) is 11.6 Å². The van der Waals surface area contributed by atoms with Gasteiger partial charge >= 0.3 is 0 Å². The average Bonchev–Trinajstić information content (AvgIpc) is 2.98. The number of hydrogen-bond donors (Lipinski definition) is 4. The lowest BCUT2D eigenvalue weighted by Gasteiger charge is -2.42. The third-order valence-electron chi connectivity index (χ3n) is 7.98. The second kappa shape index (κ2) is 11.3. The molecule has 0 spiro atoms. The summed E-state index contributed by atoms with van der Waals surface area (Å²) in [5, 5.41) is 24.7. The largest absolute Gasteiger partial charge is 0.392 e. The Labute approximate surface area is 234 Å². The summed E-state index contributed by atoms with van der Waals surface area (Å²) in [5.41, 5.74) is -1.93. The first kappa shape index (κ1) is 30.3. The van der Waals surface area contributed by atoms with Crippen LogP contribution in [0, 0.1) is 35.2 Å². The van der Waals surface area contributed by atoms with Crippen LogP contribution in [0.3, 0.4) is 0 Å². The number of hydrogen-bond acceptors (Lipinski definition) is 6. The van der Waals surface area contributed by atoms with Gasteiger partial charge in [0.1, 0.15) is 0 Å².